The van der Waals surface area contributed by atoms with E-state index >= 15 is 0 Å². The smallest absolute Gasteiger partial charge is 0.151 e. The second-order valence-corrected chi connectivity index (χ2v) is 5.28. The first-order valence-corrected chi connectivity index (χ1v) is 6.21. The average Bonchev–Trinajstić information content (AvgIpc) is 2.64. The molecule has 0 aliphatic carbocycles. The van der Waals surface area contributed by atoms with Crippen LogP contribution in [0.4, 0.5) is 0 Å². The van der Waals surface area contributed by atoms with Crippen LogP contribution in [0.25, 0.3) is 0 Å². The zero-order chi connectivity index (χ0) is 11.5. The van der Waals surface area contributed by atoms with Crippen molar-refractivity contribution in [2.75, 3.05) is 0 Å². The second kappa shape index (κ2) is 4.84. The van der Waals surface area contributed by atoms with Crippen LogP contribution < -0.4 is 0 Å². The normalized spacial score (nSPS) is 10.4. The molecule has 0 radical (unpaired) electrons. The Morgan fingerprint density at radius 3 is 2.94 bits per heavy atom. The number of benzene rings is 1. The third kappa shape index (κ3) is 2.54. The molecule has 0 fully saturated rings. The van der Waals surface area contributed by atoms with Crippen molar-refractivity contribution in [1.29, 1.82) is 0 Å². The molecule has 1 aromatic heterocycles. The van der Waals surface area contributed by atoms with E-state index in [0.29, 0.717) is 5.56 Å². The fourth-order valence-electron chi connectivity index (χ4n) is 1.27. The van der Waals surface area contributed by atoms with Gasteiger partial charge in [0.1, 0.15) is 0 Å². The van der Waals surface area contributed by atoms with Crippen LogP contribution in [0.5, 0.6) is 0 Å². The number of carbonyl (C=O) groups is 1. The minimum atomic E-state index is 0.692. The number of carbonyl (C=O) groups excluding carboxylic acids is 1. The first-order chi connectivity index (χ1) is 7.69. The quantitative estimate of drug-likeness (QED) is 0.816. The van der Waals surface area contributed by atoms with Crippen LogP contribution >= 0.6 is 27.7 Å². The molecule has 1 aromatic carbocycles. The summed E-state index contributed by atoms with van der Waals surface area (Å²) in [5, 5.41) is 4.09. The number of rotatable bonds is 3. The van der Waals surface area contributed by atoms with Crippen LogP contribution in [-0.4, -0.2) is 16.1 Å². The van der Waals surface area contributed by atoms with Crippen LogP contribution in [0.1, 0.15) is 10.4 Å². The van der Waals surface area contributed by atoms with Gasteiger partial charge in [0.25, 0.3) is 0 Å². The van der Waals surface area contributed by atoms with Crippen molar-refractivity contribution in [3.8, 4) is 0 Å². The summed E-state index contributed by atoms with van der Waals surface area (Å²) in [6, 6.07) is 5.59. The van der Waals surface area contributed by atoms with Crippen LogP contribution in [-0.2, 0) is 7.05 Å². The molecule has 82 valence electrons. The van der Waals surface area contributed by atoms with E-state index in [1.807, 2.05) is 25.4 Å². The first kappa shape index (κ1) is 11.4. The van der Waals surface area contributed by atoms with Crippen molar-refractivity contribution in [1.82, 2.24) is 9.78 Å². The van der Waals surface area contributed by atoms with Crippen molar-refractivity contribution >= 4 is 34.0 Å². The highest BCUT2D eigenvalue weighted by Gasteiger charge is 2.06. The molecule has 0 spiro atoms. The van der Waals surface area contributed by atoms with Crippen molar-refractivity contribution < 1.29 is 4.79 Å². The van der Waals surface area contributed by atoms with Gasteiger partial charge >= 0.3 is 0 Å². The fraction of sp³-hybridized carbons (Fsp3) is 0.0909. The minimum absolute atomic E-state index is 0.692. The number of hydrogen-bond acceptors (Lipinski definition) is 3. The molecular formula is C11H9BrN2OS. The standard InChI is InChI=1S/C11H9BrN2OS/c1-14-6-10(5-13-14)16-11-4-9(12)3-2-8(11)7-15/h2-7H,1H3. The molecule has 16 heavy (non-hydrogen) atoms. The van der Waals surface area contributed by atoms with Crippen molar-refractivity contribution in [3.63, 3.8) is 0 Å². The molecule has 2 aromatic rings. The fourth-order valence-corrected chi connectivity index (χ4v) is 2.76. The second-order valence-electron chi connectivity index (χ2n) is 3.25. The molecule has 0 unspecified atom stereocenters. The number of aryl methyl sites for hydroxylation is 1. The first-order valence-electron chi connectivity index (χ1n) is 4.60. The molecule has 0 saturated heterocycles. The number of halogens is 1. The lowest BCUT2D eigenvalue weighted by atomic mass is 10.2. The van der Waals surface area contributed by atoms with Gasteiger partial charge in [-0.2, -0.15) is 5.10 Å². The predicted octanol–water partition coefficient (Wildman–Crippen LogP) is 3.15. The molecule has 0 amide bonds. The maximum absolute atomic E-state index is 10.9. The van der Waals surface area contributed by atoms with Crippen LogP contribution in [0.15, 0.2) is 44.9 Å². The van der Waals surface area contributed by atoms with E-state index in [1.54, 1.807) is 16.9 Å². The summed E-state index contributed by atoms with van der Waals surface area (Å²) < 4.78 is 2.70. The molecule has 2 rings (SSSR count). The lowest BCUT2D eigenvalue weighted by Gasteiger charge is -2.02. The van der Waals surface area contributed by atoms with E-state index in [-0.39, 0.29) is 0 Å². The Bertz CT molecular complexity index is 524. The minimum Gasteiger partial charge on any atom is -0.298 e. The van der Waals surface area contributed by atoms with E-state index in [9.17, 15) is 4.79 Å². The summed E-state index contributed by atoms with van der Waals surface area (Å²) in [5.41, 5.74) is 0.692. The van der Waals surface area contributed by atoms with Gasteiger partial charge < -0.3 is 0 Å². The maximum atomic E-state index is 10.9. The summed E-state index contributed by atoms with van der Waals surface area (Å²) in [7, 11) is 1.87. The Morgan fingerprint density at radius 1 is 1.50 bits per heavy atom. The Balaban J connectivity index is 2.32. The van der Waals surface area contributed by atoms with E-state index in [0.717, 1.165) is 20.5 Å². The average molecular weight is 297 g/mol. The van der Waals surface area contributed by atoms with Gasteiger partial charge in [-0.15, -0.1) is 0 Å². The van der Waals surface area contributed by atoms with Crippen molar-refractivity contribution in [3.05, 3.63) is 40.6 Å². The van der Waals surface area contributed by atoms with Gasteiger partial charge in [0, 0.05) is 28.2 Å². The molecule has 0 atom stereocenters. The zero-order valence-electron chi connectivity index (χ0n) is 8.55. The Morgan fingerprint density at radius 2 is 2.31 bits per heavy atom. The monoisotopic (exact) mass is 296 g/mol. The van der Waals surface area contributed by atoms with Gasteiger partial charge in [-0.05, 0) is 18.2 Å². The zero-order valence-corrected chi connectivity index (χ0v) is 11.0. The van der Waals surface area contributed by atoms with Crippen LogP contribution in [0, 0.1) is 0 Å². The molecule has 3 nitrogen and oxygen atoms in total. The number of nitrogens with zero attached hydrogens (tertiary/aromatic N) is 2. The van der Waals surface area contributed by atoms with Crippen molar-refractivity contribution in [2.45, 2.75) is 9.79 Å². The summed E-state index contributed by atoms with van der Waals surface area (Å²) in [6.07, 6.45) is 4.56. The highest BCUT2D eigenvalue weighted by Crippen LogP contribution is 2.31. The lowest BCUT2D eigenvalue weighted by Crippen LogP contribution is -1.85. The molecule has 0 bridgehead atoms. The van der Waals surface area contributed by atoms with Crippen LogP contribution in [0.3, 0.4) is 0 Å². The van der Waals surface area contributed by atoms with Gasteiger partial charge in [0.15, 0.2) is 6.29 Å². The Labute approximate surface area is 106 Å². The van der Waals surface area contributed by atoms with Crippen LogP contribution in [0.2, 0.25) is 0 Å². The Kier molecular flexibility index (Phi) is 3.46. The molecule has 1 heterocycles. The number of aromatic nitrogens is 2. The van der Waals surface area contributed by atoms with Gasteiger partial charge in [-0.25, -0.2) is 0 Å². The summed E-state index contributed by atoms with van der Waals surface area (Å²) >= 11 is 4.92. The summed E-state index contributed by atoms with van der Waals surface area (Å²) in [4.78, 5) is 12.8. The summed E-state index contributed by atoms with van der Waals surface area (Å²) in [6.45, 7) is 0. The van der Waals surface area contributed by atoms with E-state index in [2.05, 4.69) is 21.0 Å². The van der Waals surface area contributed by atoms with Gasteiger partial charge in [-0.1, -0.05) is 27.7 Å². The van der Waals surface area contributed by atoms with E-state index in [4.69, 9.17) is 0 Å². The summed E-state index contributed by atoms with van der Waals surface area (Å²) in [5.74, 6) is 0. The molecule has 0 saturated carbocycles. The topological polar surface area (TPSA) is 34.9 Å². The molecule has 0 N–H and O–H groups in total. The third-order valence-electron chi connectivity index (χ3n) is 2.01. The Hall–Kier alpha value is -1.07. The molecule has 5 heteroatoms. The van der Waals surface area contributed by atoms with Gasteiger partial charge in [0.2, 0.25) is 0 Å². The largest absolute Gasteiger partial charge is 0.298 e. The lowest BCUT2D eigenvalue weighted by molar-refractivity contribution is 0.112. The number of hydrogen-bond donors (Lipinski definition) is 0. The van der Waals surface area contributed by atoms with E-state index in [1.165, 1.54) is 11.8 Å². The van der Waals surface area contributed by atoms with E-state index < -0.39 is 0 Å². The predicted molar refractivity (Wildman–Crippen MR) is 66.9 cm³/mol. The highest BCUT2D eigenvalue weighted by molar-refractivity contribution is 9.10. The molecular weight excluding hydrogens is 288 g/mol. The van der Waals surface area contributed by atoms with Gasteiger partial charge in [-0.3, -0.25) is 9.48 Å². The van der Waals surface area contributed by atoms with Gasteiger partial charge in [0.05, 0.1) is 11.1 Å². The third-order valence-corrected chi connectivity index (χ3v) is 3.52. The van der Waals surface area contributed by atoms with Crippen molar-refractivity contribution in [2.24, 2.45) is 7.05 Å². The maximum Gasteiger partial charge on any atom is 0.151 e. The number of aldehydes is 1. The highest BCUT2D eigenvalue weighted by atomic mass is 79.9. The SMILES string of the molecule is Cn1cc(Sc2cc(Br)ccc2C=O)cn1. The molecule has 0 aliphatic rings. The molecule has 0 aliphatic heterocycles.